The summed E-state index contributed by atoms with van der Waals surface area (Å²) in [4.78, 5) is 22.8. The molecule has 2 amide bonds. The van der Waals surface area contributed by atoms with Crippen molar-refractivity contribution in [2.45, 2.75) is 24.8 Å². The Morgan fingerprint density at radius 2 is 2.06 bits per heavy atom. The van der Waals surface area contributed by atoms with E-state index in [1.54, 1.807) is 24.3 Å². The number of carbonyl (C=O) groups is 2. The minimum Gasteiger partial charge on any atom is -0.480 e. The second kappa shape index (κ2) is 4.86. The number of anilines is 1. The van der Waals surface area contributed by atoms with E-state index in [-0.39, 0.29) is 0 Å². The predicted molar refractivity (Wildman–Crippen MR) is 67.8 cm³/mol. The smallest absolute Gasteiger partial charge is 0.329 e. The van der Waals surface area contributed by atoms with Gasteiger partial charge < -0.3 is 15.7 Å². The zero-order valence-corrected chi connectivity index (χ0v) is 10.3. The van der Waals surface area contributed by atoms with Crippen LogP contribution in [0.2, 0.25) is 5.02 Å². The highest BCUT2D eigenvalue weighted by Crippen LogP contribution is 2.32. The molecular weight excluding hydrogens is 256 g/mol. The second-order valence-corrected chi connectivity index (χ2v) is 4.77. The normalized spacial score (nSPS) is 16.5. The number of carboxylic acids is 1. The molecule has 3 N–H and O–H groups in total. The van der Waals surface area contributed by atoms with Crippen molar-refractivity contribution in [2.24, 2.45) is 0 Å². The van der Waals surface area contributed by atoms with Crippen LogP contribution in [0.1, 0.15) is 19.3 Å². The van der Waals surface area contributed by atoms with Crippen molar-refractivity contribution in [3.8, 4) is 0 Å². The van der Waals surface area contributed by atoms with Crippen molar-refractivity contribution in [3.63, 3.8) is 0 Å². The molecule has 0 saturated heterocycles. The maximum Gasteiger partial charge on any atom is 0.329 e. The summed E-state index contributed by atoms with van der Waals surface area (Å²) in [5, 5.41) is 14.7. The highest BCUT2D eigenvalue weighted by Gasteiger charge is 2.45. The average molecular weight is 269 g/mol. The fourth-order valence-electron chi connectivity index (χ4n) is 1.87. The largest absolute Gasteiger partial charge is 0.480 e. The Hall–Kier alpha value is -1.75. The van der Waals surface area contributed by atoms with E-state index < -0.39 is 17.5 Å². The summed E-state index contributed by atoms with van der Waals surface area (Å²) in [6.07, 6.45) is 1.74. The average Bonchev–Trinajstić information content (AvgIpc) is 2.23. The topological polar surface area (TPSA) is 78.4 Å². The van der Waals surface area contributed by atoms with Crippen molar-refractivity contribution in [1.29, 1.82) is 0 Å². The molecule has 1 aromatic rings. The third kappa shape index (κ3) is 2.56. The zero-order valence-electron chi connectivity index (χ0n) is 9.57. The Labute approximate surface area is 109 Å². The van der Waals surface area contributed by atoms with Gasteiger partial charge in [-0.1, -0.05) is 17.7 Å². The Morgan fingerprint density at radius 1 is 1.33 bits per heavy atom. The molecule has 96 valence electrons. The number of amides is 2. The first-order valence-corrected chi connectivity index (χ1v) is 5.98. The van der Waals surface area contributed by atoms with Gasteiger partial charge in [-0.15, -0.1) is 0 Å². The molecule has 18 heavy (non-hydrogen) atoms. The van der Waals surface area contributed by atoms with Crippen molar-refractivity contribution in [3.05, 3.63) is 29.3 Å². The van der Waals surface area contributed by atoms with E-state index in [1.807, 2.05) is 0 Å². The Morgan fingerprint density at radius 3 is 2.56 bits per heavy atom. The lowest BCUT2D eigenvalue weighted by molar-refractivity contribution is -0.148. The molecular formula is C12H13ClN2O3. The Bertz CT molecular complexity index is 486. The molecule has 5 nitrogen and oxygen atoms in total. The number of halogens is 1. The Balaban J connectivity index is 1.99. The van der Waals surface area contributed by atoms with E-state index in [1.165, 1.54) is 0 Å². The SMILES string of the molecule is O=C(Nc1cccc(Cl)c1)NC1(C(=O)O)CCC1. The van der Waals surface area contributed by atoms with Gasteiger partial charge >= 0.3 is 12.0 Å². The number of nitrogens with one attached hydrogen (secondary N) is 2. The van der Waals surface area contributed by atoms with Crippen LogP contribution in [0, 0.1) is 0 Å². The van der Waals surface area contributed by atoms with E-state index in [0.29, 0.717) is 23.6 Å². The fourth-order valence-corrected chi connectivity index (χ4v) is 2.06. The molecule has 6 heteroatoms. The van der Waals surface area contributed by atoms with Gasteiger partial charge in [-0.3, -0.25) is 0 Å². The molecule has 0 unspecified atom stereocenters. The highest BCUT2D eigenvalue weighted by atomic mass is 35.5. The van der Waals surface area contributed by atoms with Gasteiger partial charge in [0.25, 0.3) is 0 Å². The lowest BCUT2D eigenvalue weighted by atomic mass is 9.77. The maximum absolute atomic E-state index is 11.7. The summed E-state index contributed by atoms with van der Waals surface area (Å²) in [5.41, 5.74) is -0.581. The molecule has 0 spiro atoms. The monoisotopic (exact) mass is 268 g/mol. The van der Waals surface area contributed by atoms with Crippen molar-refractivity contribution in [1.82, 2.24) is 5.32 Å². The maximum atomic E-state index is 11.7. The lowest BCUT2D eigenvalue weighted by Crippen LogP contribution is -2.60. The van der Waals surface area contributed by atoms with E-state index in [9.17, 15) is 9.59 Å². The second-order valence-electron chi connectivity index (χ2n) is 4.33. The van der Waals surface area contributed by atoms with Gasteiger partial charge in [0.2, 0.25) is 0 Å². The van der Waals surface area contributed by atoms with E-state index in [4.69, 9.17) is 16.7 Å². The first-order chi connectivity index (χ1) is 8.52. The minimum atomic E-state index is -1.11. The summed E-state index contributed by atoms with van der Waals surface area (Å²) in [5.74, 6) is -0.991. The third-order valence-corrected chi connectivity index (χ3v) is 3.29. The molecule has 0 atom stereocenters. The van der Waals surface area contributed by atoms with E-state index >= 15 is 0 Å². The molecule has 0 aromatic heterocycles. The number of urea groups is 1. The number of rotatable bonds is 3. The van der Waals surface area contributed by atoms with Crippen LogP contribution < -0.4 is 10.6 Å². The van der Waals surface area contributed by atoms with E-state index in [0.717, 1.165) is 6.42 Å². The van der Waals surface area contributed by atoms with Gasteiger partial charge in [-0.05, 0) is 37.5 Å². The minimum absolute atomic E-state index is 0.464. The number of hydrogen-bond acceptors (Lipinski definition) is 2. The summed E-state index contributed by atoms with van der Waals surface area (Å²) < 4.78 is 0. The molecule has 0 heterocycles. The van der Waals surface area contributed by atoms with Crippen molar-refractivity contribution >= 4 is 29.3 Å². The van der Waals surface area contributed by atoms with Gasteiger partial charge in [0, 0.05) is 10.7 Å². The Kier molecular flexibility index (Phi) is 3.43. The van der Waals surface area contributed by atoms with Crippen molar-refractivity contribution in [2.75, 3.05) is 5.32 Å². The first-order valence-electron chi connectivity index (χ1n) is 5.60. The van der Waals surface area contributed by atoms with E-state index in [2.05, 4.69) is 10.6 Å². The van der Waals surface area contributed by atoms with Crippen LogP contribution in [-0.4, -0.2) is 22.6 Å². The van der Waals surface area contributed by atoms with Gasteiger partial charge in [0.05, 0.1) is 0 Å². The van der Waals surface area contributed by atoms with Crippen LogP contribution >= 0.6 is 11.6 Å². The van der Waals surface area contributed by atoms with Gasteiger partial charge in [0.1, 0.15) is 5.54 Å². The van der Waals surface area contributed by atoms with Gasteiger partial charge in [-0.2, -0.15) is 0 Å². The molecule has 1 aliphatic carbocycles. The van der Waals surface area contributed by atoms with Crippen LogP contribution in [0.3, 0.4) is 0 Å². The molecule has 1 aliphatic rings. The molecule has 0 radical (unpaired) electrons. The molecule has 1 saturated carbocycles. The molecule has 2 rings (SSSR count). The zero-order chi connectivity index (χ0) is 13.2. The number of hydrogen-bond donors (Lipinski definition) is 3. The lowest BCUT2D eigenvalue weighted by Gasteiger charge is -2.38. The molecule has 0 bridgehead atoms. The standard InChI is InChI=1S/C12H13ClN2O3/c13-8-3-1-4-9(7-8)14-11(18)15-12(10(16)17)5-2-6-12/h1,3-4,7H,2,5-6H2,(H,16,17)(H2,14,15,18). The number of carboxylic acid groups (broad SMARTS) is 1. The molecule has 1 fully saturated rings. The first kappa shape index (κ1) is 12.7. The quantitative estimate of drug-likeness (QED) is 0.788. The number of aliphatic carboxylic acids is 1. The number of carbonyl (C=O) groups excluding carboxylic acids is 1. The van der Waals surface area contributed by atoms with Crippen LogP contribution in [0.5, 0.6) is 0 Å². The summed E-state index contributed by atoms with van der Waals surface area (Å²) >= 11 is 5.78. The number of benzene rings is 1. The highest BCUT2D eigenvalue weighted by molar-refractivity contribution is 6.30. The van der Waals surface area contributed by atoms with Crippen molar-refractivity contribution < 1.29 is 14.7 Å². The van der Waals surface area contributed by atoms with Crippen LogP contribution in [-0.2, 0) is 4.79 Å². The van der Waals surface area contributed by atoms with Gasteiger partial charge in [-0.25, -0.2) is 9.59 Å². The summed E-state index contributed by atoms with van der Waals surface area (Å²) in [6.45, 7) is 0. The molecule has 1 aromatic carbocycles. The van der Waals surface area contributed by atoms with Gasteiger partial charge in [0.15, 0.2) is 0 Å². The molecule has 0 aliphatic heterocycles. The summed E-state index contributed by atoms with van der Waals surface area (Å²) in [6, 6.07) is 6.14. The van der Waals surface area contributed by atoms with Crippen LogP contribution in [0.4, 0.5) is 10.5 Å². The third-order valence-electron chi connectivity index (χ3n) is 3.05. The van der Waals surface area contributed by atoms with Crippen LogP contribution in [0.15, 0.2) is 24.3 Å². The fraction of sp³-hybridized carbons (Fsp3) is 0.333. The summed E-state index contributed by atoms with van der Waals surface area (Å²) in [7, 11) is 0. The predicted octanol–water partition coefficient (Wildman–Crippen LogP) is 2.47. The van der Waals surface area contributed by atoms with Crippen LogP contribution in [0.25, 0.3) is 0 Å².